The Morgan fingerprint density at radius 1 is 1.37 bits per heavy atom. The first-order chi connectivity index (χ1) is 14.0. The number of aliphatic imine (C=N–C) groups is 1. The van der Waals surface area contributed by atoms with E-state index < -0.39 is 0 Å². The van der Waals surface area contributed by atoms with Crippen molar-refractivity contribution in [3.8, 4) is 0 Å². The van der Waals surface area contributed by atoms with Gasteiger partial charge in [-0.05, 0) is 43.0 Å². The van der Waals surface area contributed by atoms with Gasteiger partial charge >= 0.3 is 0 Å². The third-order valence-electron chi connectivity index (χ3n) is 5.06. The molecule has 0 saturated carbocycles. The fraction of sp³-hybridized carbons (Fsp3) is 0.591. The number of halogens is 2. The van der Waals surface area contributed by atoms with Gasteiger partial charge in [-0.1, -0.05) is 13.8 Å². The Bertz CT molecular complexity index is 810. The second-order valence-corrected chi connectivity index (χ2v) is 8.05. The molecule has 2 aromatic rings. The van der Waals surface area contributed by atoms with E-state index in [1.807, 2.05) is 6.20 Å². The topological polar surface area (TPSA) is 64.7 Å². The number of morpholine rings is 1. The first-order valence-electron chi connectivity index (χ1n) is 10.7. The summed E-state index contributed by atoms with van der Waals surface area (Å²) in [6.07, 6.45) is 2.87. The van der Waals surface area contributed by atoms with Gasteiger partial charge in [0.25, 0.3) is 0 Å². The van der Waals surface area contributed by atoms with Gasteiger partial charge in [0.1, 0.15) is 5.82 Å². The summed E-state index contributed by atoms with van der Waals surface area (Å²) in [5.41, 5.74) is 2.06. The van der Waals surface area contributed by atoms with Crippen molar-refractivity contribution in [2.75, 3.05) is 45.9 Å². The number of hydrogen-bond acceptors (Lipinski definition) is 3. The molecule has 0 bridgehead atoms. The molecular weight excluding hydrogens is 496 g/mol. The second-order valence-electron chi connectivity index (χ2n) is 8.05. The Balaban J connectivity index is 0.00000320. The molecule has 3 rings (SSSR count). The number of fused-ring (bicyclic) bond motifs is 1. The maximum atomic E-state index is 13.5. The van der Waals surface area contributed by atoms with E-state index in [1.54, 1.807) is 12.1 Å². The average Bonchev–Trinajstić information content (AvgIpc) is 3.08. The number of hydrogen-bond donors (Lipinski definition) is 3. The lowest BCUT2D eigenvalue weighted by Gasteiger charge is -2.33. The van der Waals surface area contributed by atoms with E-state index in [9.17, 15) is 4.39 Å². The van der Waals surface area contributed by atoms with Crippen LogP contribution in [0.15, 0.2) is 29.4 Å². The summed E-state index contributed by atoms with van der Waals surface area (Å²) >= 11 is 0. The van der Waals surface area contributed by atoms with E-state index in [0.717, 1.165) is 68.2 Å². The van der Waals surface area contributed by atoms with Crippen LogP contribution in [0.4, 0.5) is 4.39 Å². The first kappa shape index (κ1) is 24.9. The second kappa shape index (κ2) is 12.5. The summed E-state index contributed by atoms with van der Waals surface area (Å²) in [6, 6.07) is 4.84. The minimum absolute atomic E-state index is 0. The van der Waals surface area contributed by atoms with Crippen LogP contribution >= 0.6 is 24.0 Å². The van der Waals surface area contributed by atoms with E-state index in [0.29, 0.717) is 12.5 Å². The van der Waals surface area contributed by atoms with Gasteiger partial charge < -0.3 is 20.4 Å². The zero-order chi connectivity index (χ0) is 20.6. The molecule has 1 aliphatic heterocycles. The normalized spacial score (nSPS) is 17.9. The molecule has 1 unspecified atom stereocenters. The van der Waals surface area contributed by atoms with Crippen molar-refractivity contribution < 1.29 is 9.13 Å². The fourth-order valence-electron chi connectivity index (χ4n) is 3.78. The van der Waals surface area contributed by atoms with E-state index in [1.165, 1.54) is 6.07 Å². The maximum Gasteiger partial charge on any atom is 0.191 e. The lowest BCUT2D eigenvalue weighted by Crippen LogP contribution is -2.46. The van der Waals surface area contributed by atoms with Crippen LogP contribution in [0.25, 0.3) is 10.9 Å². The zero-order valence-electron chi connectivity index (χ0n) is 18.2. The van der Waals surface area contributed by atoms with Crippen LogP contribution in [-0.2, 0) is 11.2 Å². The monoisotopic (exact) mass is 531 g/mol. The van der Waals surface area contributed by atoms with Gasteiger partial charge in [0.15, 0.2) is 5.96 Å². The molecule has 1 atom stereocenters. The molecule has 30 heavy (non-hydrogen) atoms. The molecular formula is C22H35FIN5O. The molecule has 1 aliphatic rings. The lowest BCUT2D eigenvalue weighted by molar-refractivity contribution is -0.0261. The van der Waals surface area contributed by atoms with Gasteiger partial charge in [-0.2, -0.15) is 0 Å². The predicted octanol–water partition coefficient (Wildman–Crippen LogP) is 3.38. The van der Waals surface area contributed by atoms with E-state index in [2.05, 4.69) is 41.3 Å². The quantitative estimate of drug-likeness (QED) is 0.278. The third kappa shape index (κ3) is 7.39. The Morgan fingerprint density at radius 2 is 2.20 bits per heavy atom. The van der Waals surface area contributed by atoms with Crippen molar-refractivity contribution in [2.45, 2.75) is 33.3 Å². The molecule has 1 fully saturated rings. The first-order valence-corrected chi connectivity index (χ1v) is 10.7. The van der Waals surface area contributed by atoms with Crippen LogP contribution in [0.1, 0.15) is 26.3 Å². The number of benzene rings is 1. The molecule has 0 spiro atoms. The van der Waals surface area contributed by atoms with Gasteiger partial charge in [-0.25, -0.2) is 4.39 Å². The Labute approximate surface area is 196 Å². The van der Waals surface area contributed by atoms with Gasteiger partial charge in [0, 0.05) is 49.8 Å². The molecule has 0 radical (unpaired) electrons. The summed E-state index contributed by atoms with van der Waals surface area (Å²) in [4.78, 5) is 10.4. The highest BCUT2D eigenvalue weighted by atomic mass is 127. The van der Waals surface area contributed by atoms with Crippen molar-refractivity contribution in [1.29, 1.82) is 0 Å². The summed E-state index contributed by atoms with van der Waals surface area (Å²) in [7, 11) is 0. The number of nitrogens with zero attached hydrogens (tertiary/aromatic N) is 2. The number of rotatable bonds is 8. The van der Waals surface area contributed by atoms with Crippen LogP contribution in [0.5, 0.6) is 0 Å². The van der Waals surface area contributed by atoms with Crippen molar-refractivity contribution in [1.82, 2.24) is 20.5 Å². The SMILES string of the molecule is CCNC(=NCC1CN(CC(C)C)CCO1)NCCc1c[nH]c2ccc(F)cc12.I. The summed E-state index contributed by atoms with van der Waals surface area (Å²) in [5, 5.41) is 7.62. The number of ether oxygens (including phenoxy) is 1. The maximum absolute atomic E-state index is 13.5. The van der Waals surface area contributed by atoms with Gasteiger partial charge in [-0.3, -0.25) is 9.89 Å². The molecule has 1 aromatic heterocycles. The lowest BCUT2D eigenvalue weighted by atomic mass is 10.1. The van der Waals surface area contributed by atoms with Gasteiger partial charge in [0.2, 0.25) is 0 Å². The molecule has 6 nitrogen and oxygen atoms in total. The Hall–Kier alpha value is -1.39. The third-order valence-corrected chi connectivity index (χ3v) is 5.06. The molecule has 0 aliphatic carbocycles. The van der Waals surface area contributed by atoms with Crippen LogP contribution in [0, 0.1) is 11.7 Å². The van der Waals surface area contributed by atoms with E-state index in [-0.39, 0.29) is 35.9 Å². The van der Waals surface area contributed by atoms with Gasteiger partial charge in [0.05, 0.1) is 19.3 Å². The average molecular weight is 531 g/mol. The molecule has 3 N–H and O–H groups in total. The summed E-state index contributed by atoms with van der Waals surface area (Å²) in [5.74, 6) is 1.25. The highest BCUT2D eigenvalue weighted by molar-refractivity contribution is 14.0. The van der Waals surface area contributed by atoms with Crippen LogP contribution in [0.3, 0.4) is 0 Å². The van der Waals surface area contributed by atoms with Gasteiger partial charge in [-0.15, -0.1) is 24.0 Å². The van der Waals surface area contributed by atoms with Crippen molar-refractivity contribution >= 4 is 40.8 Å². The Morgan fingerprint density at radius 3 is 2.97 bits per heavy atom. The summed E-state index contributed by atoms with van der Waals surface area (Å²) in [6.45, 7) is 12.5. The van der Waals surface area contributed by atoms with Crippen LogP contribution in [0.2, 0.25) is 0 Å². The molecule has 8 heteroatoms. The van der Waals surface area contributed by atoms with E-state index in [4.69, 9.17) is 9.73 Å². The molecule has 2 heterocycles. The smallest absolute Gasteiger partial charge is 0.191 e. The number of guanidine groups is 1. The predicted molar refractivity (Wildman–Crippen MR) is 132 cm³/mol. The highest BCUT2D eigenvalue weighted by Crippen LogP contribution is 2.19. The van der Waals surface area contributed by atoms with Crippen LogP contribution < -0.4 is 10.6 Å². The van der Waals surface area contributed by atoms with Crippen LogP contribution in [-0.4, -0.2) is 67.8 Å². The molecule has 1 saturated heterocycles. The number of H-pyrrole nitrogens is 1. The minimum Gasteiger partial charge on any atom is -0.374 e. The standard InChI is InChI=1S/C22H34FN5O.HI/c1-4-24-22(27-13-19-15-28(9-10-29-19)14-16(2)3)25-8-7-17-12-26-21-6-5-18(23)11-20(17)21;/h5-6,11-12,16,19,26H,4,7-10,13-15H2,1-3H3,(H2,24,25,27);1H. The number of nitrogens with one attached hydrogen (secondary N) is 3. The largest absolute Gasteiger partial charge is 0.374 e. The molecule has 168 valence electrons. The molecule has 1 aromatic carbocycles. The summed E-state index contributed by atoms with van der Waals surface area (Å²) < 4.78 is 19.4. The van der Waals surface area contributed by atoms with Crippen molar-refractivity contribution in [2.24, 2.45) is 10.9 Å². The van der Waals surface area contributed by atoms with E-state index >= 15 is 0 Å². The minimum atomic E-state index is -0.208. The zero-order valence-corrected chi connectivity index (χ0v) is 20.5. The number of aromatic nitrogens is 1. The van der Waals surface area contributed by atoms with Crippen molar-refractivity contribution in [3.63, 3.8) is 0 Å². The fourth-order valence-corrected chi connectivity index (χ4v) is 3.78. The van der Waals surface area contributed by atoms with Crippen molar-refractivity contribution in [3.05, 3.63) is 35.8 Å². The molecule has 0 amide bonds. The highest BCUT2D eigenvalue weighted by Gasteiger charge is 2.20. The Kier molecular flexibility index (Phi) is 10.3. The number of aromatic amines is 1.